The molecule has 5 nitrogen and oxygen atoms in total. The molecule has 0 aliphatic carbocycles. The molecule has 1 amide bonds. The lowest BCUT2D eigenvalue weighted by atomic mass is 9.97. The SMILES string of the molecule is CCC(CNC(=O)CN(c1ccc(Br)cc1)S(=O)(=O)c1ccccc1)Cc1ccccc1. The Morgan fingerprint density at radius 2 is 1.53 bits per heavy atom. The molecule has 168 valence electrons. The molecule has 0 aliphatic heterocycles. The van der Waals surface area contributed by atoms with Crippen LogP contribution in [-0.4, -0.2) is 27.4 Å². The van der Waals surface area contributed by atoms with E-state index in [-0.39, 0.29) is 23.3 Å². The second kappa shape index (κ2) is 11.3. The van der Waals surface area contributed by atoms with Crippen molar-refractivity contribution in [2.75, 3.05) is 17.4 Å². The maximum atomic E-state index is 13.3. The van der Waals surface area contributed by atoms with Gasteiger partial charge in [0.25, 0.3) is 10.0 Å². The molecule has 1 unspecified atom stereocenters. The molecule has 7 heteroatoms. The number of benzene rings is 3. The van der Waals surface area contributed by atoms with Gasteiger partial charge < -0.3 is 5.32 Å². The molecule has 3 aromatic carbocycles. The number of carbonyl (C=O) groups is 1. The third-order valence-electron chi connectivity index (χ3n) is 5.27. The van der Waals surface area contributed by atoms with E-state index in [1.54, 1.807) is 42.5 Å². The highest BCUT2D eigenvalue weighted by Gasteiger charge is 2.27. The van der Waals surface area contributed by atoms with Crippen LogP contribution in [0.15, 0.2) is 94.3 Å². The molecule has 0 heterocycles. The molecule has 0 saturated heterocycles. The van der Waals surface area contributed by atoms with Crippen molar-refractivity contribution in [2.24, 2.45) is 5.92 Å². The Labute approximate surface area is 198 Å². The van der Waals surface area contributed by atoms with Crippen molar-refractivity contribution in [2.45, 2.75) is 24.7 Å². The van der Waals surface area contributed by atoms with Crippen LogP contribution in [0.1, 0.15) is 18.9 Å². The first kappa shape index (κ1) is 24.0. The Hall–Kier alpha value is -2.64. The van der Waals surface area contributed by atoms with Gasteiger partial charge in [-0.05, 0) is 54.3 Å². The van der Waals surface area contributed by atoms with Crippen molar-refractivity contribution in [3.63, 3.8) is 0 Å². The normalized spacial score (nSPS) is 12.2. The highest BCUT2D eigenvalue weighted by molar-refractivity contribution is 9.10. The Morgan fingerprint density at radius 3 is 2.12 bits per heavy atom. The van der Waals surface area contributed by atoms with Crippen LogP contribution in [0.3, 0.4) is 0 Å². The lowest BCUT2D eigenvalue weighted by Gasteiger charge is -2.25. The molecule has 0 bridgehead atoms. The first-order chi connectivity index (χ1) is 15.4. The fourth-order valence-electron chi connectivity index (χ4n) is 3.39. The van der Waals surface area contributed by atoms with Gasteiger partial charge in [-0.2, -0.15) is 0 Å². The quantitative estimate of drug-likeness (QED) is 0.412. The van der Waals surface area contributed by atoms with Crippen molar-refractivity contribution in [3.8, 4) is 0 Å². The molecule has 32 heavy (non-hydrogen) atoms. The Morgan fingerprint density at radius 1 is 0.938 bits per heavy atom. The first-order valence-corrected chi connectivity index (χ1v) is 12.8. The molecule has 0 aromatic heterocycles. The summed E-state index contributed by atoms with van der Waals surface area (Å²) < 4.78 is 28.6. The van der Waals surface area contributed by atoms with E-state index >= 15 is 0 Å². The second-order valence-corrected chi connectivity index (χ2v) is 10.3. The van der Waals surface area contributed by atoms with E-state index in [1.165, 1.54) is 17.7 Å². The van der Waals surface area contributed by atoms with Crippen LogP contribution in [0.2, 0.25) is 0 Å². The Kier molecular flexibility index (Phi) is 8.47. The van der Waals surface area contributed by atoms with E-state index in [0.717, 1.165) is 21.6 Å². The van der Waals surface area contributed by atoms with Gasteiger partial charge in [0.15, 0.2) is 0 Å². The van der Waals surface area contributed by atoms with Crippen LogP contribution in [0.25, 0.3) is 0 Å². The lowest BCUT2D eigenvalue weighted by Crippen LogP contribution is -2.42. The number of sulfonamides is 1. The standard InChI is InChI=1S/C25H27BrN2O3S/c1-2-20(17-21-9-5-3-6-10-21)18-27-25(29)19-28(23-15-13-22(26)14-16-23)32(30,31)24-11-7-4-8-12-24/h3-16,20H,2,17-19H2,1H3,(H,27,29). The highest BCUT2D eigenvalue weighted by atomic mass is 79.9. The van der Waals surface area contributed by atoms with Gasteiger partial charge in [0.2, 0.25) is 5.91 Å². The summed E-state index contributed by atoms with van der Waals surface area (Å²) in [5.41, 5.74) is 1.65. The van der Waals surface area contributed by atoms with Gasteiger partial charge in [0.05, 0.1) is 10.6 Å². The zero-order valence-corrected chi connectivity index (χ0v) is 20.3. The zero-order chi connectivity index (χ0) is 23.0. The molecule has 0 radical (unpaired) electrons. The number of nitrogens with one attached hydrogen (secondary N) is 1. The van der Waals surface area contributed by atoms with Crippen LogP contribution in [0, 0.1) is 5.92 Å². The van der Waals surface area contributed by atoms with E-state index in [4.69, 9.17) is 0 Å². The molecule has 3 rings (SSSR count). The molecule has 3 aromatic rings. The third-order valence-corrected chi connectivity index (χ3v) is 7.58. The van der Waals surface area contributed by atoms with E-state index in [2.05, 4.69) is 40.3 Å². The van der Waals surface area contributed by atoms with Crippen LogP contribution < -0.4 is 9.62 Å². The maximum absolute atomic E-state index is 13.3. The summed E-state index contributed by atoms with van der Waals surface area (Å²) in [4.78, 5) is 13.0. The second-order valence-electron chi connectivity index (χ2n) is 7.57. The minimum absolute atomic E-state index is 0.145. The number of amides is 1. The number of hydrogen-bond donors (Lipinski definition) is 1. The summed E-state index contributed by atoms with van der Waals surface area (Å²) in [5.74, 6) is -0.0628. The molecule has 1 atom stereocenters. The summed E-state index contributed by atoms with van der Waals surface area (Å²) in [6.07, 6.45) is 1.77. The van der Waals surface area contributed by atoms with Crippen LogP contribution in [-0.2, 0) is 21.2 Å². The van der Waals surface area contributed by atoms with E-state index in [1.807, 2.05) is 18.2 Å². The van der Waals surface area contributed by atoms with Crippen LogP contribution in [0.5, 0.6) is 0 Å². The van der Waals surface area contributed by atoms with E-state index in [0.29, 0.717) is 12.2 Å². The zero-order valence-electron chi connectivity index (χ0n) is 17.9. The number of carbonyl (C=O) groups excluding carboxylic acids is 1. The van der Waals surface area contributed by atoms with Crippen LogP contribution in [0.4, 0.5) is 5.69 Å². The van der Waals surface area contributed by atoms with Gasteiger partial charge in [-0.15, -0.1) is 0 Å². The topological polar surface area (TPSA) is 66.5 Å². The Balaban J connectivity index is 1.74. The minimum Gasteiger partial charge on any atom is -0.354 e. The number of halogens is 1. The van der Waals surface area contributed by atoms with E-state index < -0.39 is 10.0 Å². The molecular formula is C25H27BrN2O3S. The Bertz CT molecular complexity index is 1100. The molecule has 0 aliphatic rings. The molecular weight excluding hydrogens is 488 g/mol. The monoisotopic (exact) mass is 514 g/mol. The highest BCUT2D eigenvalue weighted by Crippen LogP contribution is 2.25. The average Bonchev–Trinajstić information content (AvgIpc) is 2.82. The molecule has 0 spiro atoms. The van der Waals surface area contributed by atoms with Crippen molar-refractivity contribution < 1.29 is 13.2 Å². The number of hydrogen-bond acceptors (Lipinski definition) is 3. The summed E-state index contributed by atoms with van der Waals surface area (Å²) in [5, 5.41) is 2.93. The summed E-state index contributed by atoms with van der Waals surface area (Å²) in [7, 11) is -3.90. The lowest BCUT2D eigenvalue weighted by molar-refractivity contribution is -0.119. The number of anilines is 1. The smallest absolute Gasteiger partial charge is 0.264 e. The van der Waals surface area contributed by atoms with Gasteiger partial charge in [-0.25, -0.2) is 8.42 Å². The number of nitrogens with zero attached hydrogens (tertiary/aromatic N) is 1. The summed E-state index contributed by atoms with van der Waals surface area (Å²) >= 11 is 3.37. The predicted octanol–water partition coefficient (Wildman–Crippen LogP) is 5.03. The third kappa shape index (κ3) is 6.43. The van der Waals surface area contributed by atoms with Crippen molar-refractivity contribution in [1.29, 1.82) is 0 Å². The minimum atomic E-state index is -3.90. The molecule has 0 saturated carbocycles. The van der Waals surface area contributed by atoms with Gasteiger partial charge in [-0.1, -0.05) is 77.8 Å². The fourth-order valence-corrected chi connectivity index (χ4v) is 5.10. The van der Waals surface area contributed by atoms with Gasteiger partial charge in [-0.3, -0.25) is 9.10 Å². The molecule has 1 N–H and O–H groups in total. The fraction of sp³-hybridized carbons (Fsp3) is 0.240. The van der Waals surface area contributed by atoms with Crippen molar-refractivity contribution in [3.05, 3.63) is 95.0 Å². The largest absolute Gasteiger partial charge is 0.354 e. The van der Waals surface area contributed by atoms with Gasteiger partial charge >= 0.3 is 0 Å². The van der Waals surface area contributed by atoms with Crippen LogP contribution >= 0.6 is 15.9 Å². The maximum Gasteiger partial charge on any atom is 0.264 e. The number of rotatable bonds is 10. The average molecular weight is 515 g/mol. The summed E-state index contributed by atoms with van der Waals surface area (Å²) in [6, 6.07) is 25.2. The summed E-state index contributed by atoms with van der Waals surface area (Å²) in [6.45, 7) is 2.29. The van der Waals surface area contributed by atoms with Gasteiger partial charge in [0, 0.05) is 11.0 Å². The predicted molar refractivity (Wildman–Crippen MR) is 132 cm³/mol. The molecule has 0 fully saturated rings. The van der Waals surface area contributed by atoms with E-state index in [9.17, 15) is 13.2 Å². The van der Waals surface area contributed by atoms with Crippen molar-refractivity contribution >= 4 is 37.5 Å². The first-order valence-electron chi connectivity index (χ1n) is 10.5. The van der Waals surface area contributed by atoms with Gasteiger partial charge in [0.1, 0.15) is 6.54 Å². The van der Waals surface area contributed by atoms with Crippen molar-refractivity contribution in [1.82, 2.24) is 5.32 Å².